The molecule has 0 aromatic heterocycles. The predicted octanol–water partition coefficient (Wildman–Crippen LogP) is 0.0676. The van der Waals surface area contributed by atoms with Gasteiger partial charge in [-0.2, -0.15) is 0 Å². The molecule has 0 spiro atoms. The van der Waals surface area contributed by atoms with Crippen molar-refractivity contribution >= 4 is 5.97 Å². The van der Waals surface area contributed by atoms with E-state index in [0.717, 1.165) is 25.7 Å². The highest BCUT2D eigenvalue weighted by molar-refractivity contribution is 5.64. The van der Waals surface area contributed by atoms with E-state index in [2.05, 4.69) is 0 Å². The second-order valence-corrected chi connectivity index (χ2v) is 3.54. The summed E-state index contributed by atoms with van der Waals surface area (Å²) in [6.07, 6.45) is 4.50. The summed E-state index contributed by atoms with van der Waals surface area (Å²) >= 11 is 0. The molecule has 1 rings (SSSR count). The van der Waals surface area contributed by atoms with E-state index in [-0.39, 0.29) is 12.3 Å². The van der Waals surface area contributed by atoms with E-state index >= 15 is 0 Å². The molecule has 0 amide bonds. The Morgan fingerprint density at radius 2 is 2.00 bits per heavy atom. The highest BCUT2D eigenvalue weighted by atomic mass is 16.4. The molecule has 3 nitrogen and oxygen atoms in total. The number of hydrogen-bond donors (Lipinski definition) is 1. The van der Waals surface area contributed by atoms with Crippen LogP contribution in [0.2, 0.25) is 0 Å². The second kappa shape index (κ2) is 4.45. The highest BCUT2D eigenvalue weighted by Crippen LogP contribution is 2.27. The van der Waals surface area contributed by atoms with Gasteiger partial charge in [-0.3, -0.25) is 0 Å². The Hall–Kier alpha value is -0.570. The van der Waals surface area contributed by atoms with Gasteiger partial charge in [0, 0.05) is 12.4 Å². The second-order valence-electron chi connectivity index (χ2n) is 3.54. The Kier molecular flexibility index (Phi) is 3.53. The number of carbonyl (C=O) groups is 1. The van der Waals surface area contributed by atoms with Gasteiger partial charge < -0.3 is 15.0 Å². The van der Waals surface area contributed by atoms with E-state index < -0.39 is 12.1 Å². The molecule has 1 aliphatic carbocycles. The summed E-state index contributed by atoms with van der Waals surface area (Å²) in [5, 5.41) is 19.6. The zero-order valence-corrected chi connectivity index (χ0v) is 7.16. The lowest BCUT2D eigenvalue weighted by atomic mass is 9.84. The first-order valence-corrected chi connectivity index (χ1v) is 4.58. The van der Waals surface area contributed by atoms with Gasteiger partial charge in [0.1, 0.15) is 0 Å². The van der Waals surface area contributed by atoms with Gasteiger partial charge in [-0.1, -0.05) is 19.3 Å². The fourth-order valence-electron chi connectivity index (χ4n) is 1.86. The van der Waals surface area contributed by atoms with Gasteiger partial charge in [0.15, 0.2) is 0 Å². The summed E-state index contributed by atoms with van der Waals surface area (Å²) in [7, 11) is 0. The molecule has 0 aromatic carbocycles. The minimum atomic E-state index is -1.15. The first-order chi connectivity index (χ1) is 5.70. The van der Waals surface area contributed by atoms with Crippen LogP contribution in [0.15, 0.2) is 0 Å². The van der Waals surface area contributed by atoms with Crippen molar-refractivity contribution in [1.82, 2.24) is 0 Å². The highest BCUT2D eigenvalue weighted by Gasteiger charge is 2.21. The SMILES string of the molecule is O=C([O-])CC(O)C1CCCCC1. The van der Waals surface area contributed by atoms with E-state index in [9.17, 15) is 15.0 Å². The molecule has 1 saturated carbocycles. The lowest BCUT2D eigenvalue weighted by Crippen LogP contribution is -2.32. The van der Waals surface area contributed by atoms with Gasteiger partial charge in [-0.15, -0.1) is 0 Å². The molecule has 1 N–H and O–H groups in total. The van der Waals surface area contributed by atoms with Crippen molar-refractivity contribution in [1.29, 1.82) is 0 Å². The Balaban J connectivity index is 2.29. The van der Waals surface area contributed by atoms with Crippen molar-refractivity contribution in [2.45, 2.75) is 44.6 Å². The summed E-state index contributed by atoms with van der Waals surface area (Å²) in [6, 6.07) is 0. The smallest absolute Gasteiger partial charge is 0.0620 e. The van der Waals surface area contributed by atoms with Gasteiger partial charge in [0.05, 0.1) is 6.10 Å². The first kappa shape index (κ1) is 9.52. The Labute approximate surface area is 72.4 Å². The van der Waals surface area contributed by atoms with Gasteiger partial charge in [0.2, 0.25) is 0 Å². The predicted molar refractivity (Wildman–Crippen MR) is 42.2 cm³/mol. The van der Waals surface area contributed by atoms with Gasteiger partial charge >= 0.3 is 0 Å². The molecule has 0 radical (unpaired) electrons. The molecule has 70 valence electrons. The zero-order valence-electron chi connectivity index (χ0n) is 7.16. The summed E-state index contributed by atoms with van der Waals surface area (Å²) in [6.45, 7) is 0. The maximum Gasteiger partial charge on any atom is 0.0620 e. The molecule has 3 heteroatoms. The molecular formula is C9H15O3-. The first-order valence-electron chi connectivity index (χ1n) is 4.58. The van der Waals surface area contributed by atoms with Crippen LogP contribution in [0.5, 0.6) is 0 Å². The van der Waals surface area contributed by atoms with Crippen LogP contribution in [-0.4, -0.2) is 17.2 Å². The zero-order chi connectivity index (χ0) is 8.97. The van der Waals surface area contributed by atoms with Crippen LogP contribution in [0.3, 0.4) is 0 Å². The average Bonchev–Trinajstić information content (AvgIpc) is 2.05. The van der Waals surface area contributed by atoms with Crippen LogP contribution in [0.1, 0.15) is 38.5 Å². The van der Waals surface area contributed by atoms with Crippen LogP contribution in [-0.2, 0) is 4.79 Å². The standard InChI is InChI=1S/C9H16O3/c10-8(6-9(11)12)7-4-2-1-3-5-7/h7-8,10H,1-6H2,(H,11,12)/p-1. The molecule has 0 saturated heterocycles. The van der Waals surface area contributed by atoms with Crippen molar-refractivity contribution < 1.29 is 15.0 Å². The van der Waals surface area contributed by atoms with E-state index in [0.29, 0.717) is 0 Å². The lowest BCUT2D eigenvalue weighted by molar-refractivity contribution is -0.307. The minimum Gasteiger partial charge on any atom is -0.550 e. The topological polar surface area (TPSA) is 60.4 Å². The van der Waals surface area contributed by atoms with Crippen LogP contribution >= 0.6 is 0 Å². The normalized spacial score (nSPS) is 22.1. The number of aliphatic hydroxyl groups is 1. The van der Waals surface area contributed by atoms with Crippen LogP contribution < -0.4 is 5.11 Å². The number of aliphatic hydroxyl groups excluding tert-OH is 1. The number of carboxylic acids is 1. The third kappa shape index (κ3) is 2.81. The summed E-state index contributed by atoms with van der Waals surface area (Å²) in [5.74, 6) is -0.954. The van der Waals surface area contributed by atoms with Gasteiger partial charge in [-0.25, -0.2) is 0 Å². The number of aliphatic carboxylic acids is 1. The number of rotatable bonds is 3. The van der Waals surface area contributed by atoms with Crippen molar-refractivity contribution in [3.8, 4) is 0 Å². The molecule has 0 aromatic rings. The number of carboxylic acid groups (broad SMARTS) is 1. The molecule has 1 aliphatic rings. The van der Waals surface area contributed by atoms with Crippen molar-refractivity contribution in [2.75, 3.05) is 0 Å². The van der Waals surface area contributed by atoms with E-state index in [4.69, 9.17) is 0 Å². The molecule has 1 atom stereocenters. The molecule has 0 aliphatic heterocycles. The average molecular weight is 171 g/mol. The van der Waals surface area contributed by atoms with Crippen molar-refractivity contribution in [2.24, 2.45) is 5.92 Å². The molecule has 12 heavy (non-hydrogen) atoms. The minimum absolute atomic E-state index is 0.191. The van der Waals surface area contributed by atoms with Crippen molar-refractivity contribution in [3.05, 3.63) is 0 Å². The molecular weight excluding hydrogens is 156 g/mol. The van der Waals surface area contributed by atoms with Crippen LogP contribution in [0.25, 0.3) is 0 Å². The molecule has 1 unspecified atom stereocenters. The van der Waals surface area contributed by atoms with E-state index in [1.165, 1.54) is 6.42 Å². The monoisotopic (exact) mass is 171 g/mol. The summed E-state index contributed by atoms with van der Waals surface area (Å²) in [4.78, 5) is 10.2. The largest absolute Gasteiger partial charge is 0.550 e. The van der Waals surface area contributed by atoms with Crippen LogP contribution in [0.4, 0.5) is 0 Å². The lowest BCUT2D eigenvalue weighted by Gasteiger charge is -2.26. The summed E-state index contributed by atoms with van der Waals surface area (Å²) < 4.78 is 0. The van der Waals surface area contributed by atoms with Crippen molar-refractivity contribution in [3.63, 3.8) is 0 Å². The Morgan fingerprint density at radius 1 is 1.42 bits per heavy atom. The fraction of sp³-hybridized carbons (Fsp3) is 0.889. The maximum atomic E-state index is 10.2. The maximum absolute atomic E-state index is 10.2. The number of carbonyl (C=O) groups excluding carboxylic acids is 1. The quantitative estimate of drug-likeness (QED) is 0.653. The fourth-order valence-corrected chi connectivity index (χ4v) is 1.86. The molecule has 0 bridgehead atoms. The van der Waals surface area contributed by atoms with E-state index in [1.807, 2.05) is 0 Å². The van der Waals surface area contributed by atoms with Crippen LogP contribution in [0, 0.1) is 5.92 Å². The number of hydrogen-bond acceptors (Lipinski definition) is 3. The Morgan fingerprint density at radius 3 is 2.50 bits per heavy atom. The third-order valence-corrected chi connectivity index (χ3v) is 2.57. The Bertz CT molecular complexity index is 150. The molecule has 0 heterocycles. The summed E-state index contributed by atoms with van der Waals surface area (Å²) in [5.41, 5.74) is 0. The molecule has 1 fully saturated rings. The third-order valence-electron chi connectivity index (χ3n) is 2.57. The van der Waals surface area contributed by atoms with E-state index in [1.54, 1.807) is 0 Å². The van der Waals surface area contributed by atoms with Gasteiger partial charge in [0.25, 0.3) is 0 Å². The van der Waals surface area contributed by atoms with Gasteiger partial charge in [-0.05, 0) is 18.8 Å².